The van der Waals surface area contributed by atoms with Crippen LogP contribution < -0.4 is 0 Å². The molecule has 106 valence electrons. The van der Waals surface area contributed by atoms with E-state index in [-0.39, 0.29) is 5.97 Å². The van der Waals surface area contributed by atoms with Crippen molar-refractivity contribution in [1.29, 1.82) is 0 Å². The number of hydrogen-bond donors (Lipinski definition) is 0. The summed E-state index contributed by atoms with van der Waals surface area (Å²) in [6.07, 6.45) is 0. The lowest BCUT2D eigenvalue weighted by Crippen LogP contribution is -1.92. The SMILES string of the molecule is O=C1O/C(=C(/Br)c2cccc3ccccc23)c2ccccc21. The van der Waals surface area contributed by atoms with Crippen LogP contribution in [0, 0.1) is 0 Å². The Hall–Kier alpha value is -2.39. The van der Waals surface area contributed by atoms with E-state index in [0.29, 0.717) is 11.3 Å². The van der Waals surface area contributed by atoms with Crippen molar-refractivity contribution in [2.24, 2.45) is 0 Å². The van der Waals surface area contributed by atoms with Gasteiger partial charge < -0.3 is 4.74 Å². The van der Waals surface area contributed by atoms with E-state index in [4.69, 9.17) is 4.74 Å². The molecule has 3 aromatic carbocycles. The third-order valence-corrected chi connectivity index (χ3v) is 4.60. The van der Waals surface area contributed by atoms with Crippen molar-refractivity contribution < 1.29 is 9.53 Å². The molecule has 0 spiro atoms. The highest BCUT2D eigenvalue weighted by Gasteiger charge is 2.28. The van der Waals surface area contributed by atoms with Gasteiger partial charge in [-0.05, 0) is 32.8 Å². The van der Waals surface area contributed by atoms with Gasteiger partial charge in [-0.1, -0.05) is 60.7 Å². The summed E-state index contributed by atoms with van der Waals surface area (Å²) in [6.45, 7) is 0. The minimum Gasteiger partial charge on any atom is -0.421 e. The van der Waals surface area contributed by atoms with E-state index in [1.807, 2.05) is 42.5 Å². The standard InChI is InChI=1S/C19H11BrO2/c20-17(14-11-5-7-12-6-1-2-8-13(12)14)18-15-9-3-4-10-16(15)19(21)22-18/h1-11H/b18-17+. The molecule has 0 aliphatic carbocycles. The molecule has 2 nitrogen and oxygen atoms in total. The predicted octanol–water partition coefficient (Wildman–Crippen LogP) is 5.23. The highest BCUT2D eigenvalue weighted by molar-refractivity contribution is 9.15. The van der Waals surface area contributed by atoms with E-state index < -0.39 is 0 Å². The zero-order valence-electron chi connectivity index (χ0n) is 11.5. The zero-order valence-corrected chi connectivity index (χ0v) is 13.1. The summed E-state index contributed by atoms with van der Waals surface area (Å²) in [4.78, 5) is 12.0. The smallest absolute Gasteiger partial charge is 0.344 e. The number of rotatable bonds is 1. The second-order valence-corrected chi connectivity index (χ2v) is 5.90. The highest BCUT2D eigenvalue weighted by Crippen LogP contribution is 2.40. The molecule has 0 radical (unpaired) electrons. The summed E-state index contributed by atoms with van der Waals surface area (Å²) in [7, 11) is 0. The number of esters is 1. The van der Waals surface area contributed by atoms with Crippen LogP contribution in [-0.2, 0) is 4.74 Å². The second kappa shape index (κ2) is 5.11. The molecule has 3 aromatic rings. The van der Waals surface area contributed by atoms with E-state index in [2.05, 4.69) is 34.1 Å². The number of benzene rings is 3. The van der Waals surface area contributed by atoms with Crippen LogP contribution in [0.2, 0.25) is 0 Å². The van der Waals surface area contributed by atoms with Gasteiger partial charge in [0, 0.05) is 11.1 Å². The Morgan fingerprint density at radius 3 is 2.36 bits per heavy atom. The lowest BCUT2D eigenvalue weighted by Gasteiger charge is -2.08. The summed E-state index contributed by atoms with van der Waals surface area (Å²) in [5, 5.41) is 2.26. The number of carbonyl (C=O) groups is 1. The van der Waals surface area contributed by atoms with Gasteiger partial charge >= 0.3 is 5.97 Å². The molecular weight excluding hydrogens is 340 g/mol. The van der Waals surface area contributed by atoms with E-state index in [9.17, 15) is 4.79 Å². The van der Waals surface area contributed by atoms with Gasteiger partial charge in [0.25, 0.3) is 0 Å². The van der Waals surface area contributed by atoms with Gasteiger partial charge in [0.05, 0.1) is 10.0 Å². The van der Waals surface area contributed by atoms with E-state index >= 15 is 0 Å². The van der Waals surface area contributed by atoms with Gasteiger partial charge in [-0.25, -0.2) is 4.79 Å². The maximum atomic E-state index is 12.0. The monoisotopic (exact) mass is 350 g/mol. The van der Waals surface area contributed by atoms with Crippen LogP contribution in [0.15, 0.2) is 66.7 Å². The second-order valence-electron chi connectivity index (χ2n) is 5.10. The topological polar surface area (TPSA) is 26.3 Å². The molecule has 0 saturated carbocycles. The average Bonchev–Trinajstić information content (AvgIpc) is 2.91. The normalized spacial score (nSPS) is 15.6. The third-order valence-electron chi connectivity index (χ3n) is 3.81. The van der Waals surface area contributed by atoms with E-state index in [1.54, 1.807) is 6.07 Å². The van der Waals surface area contributed by atoms with Gasteiger partial charge in [0.15, 0.2) is 5.76 Å². The number of hydrogen-bond acceptors (Lipinski definition) is 2. The quantitative estimate of drug-likeness (QED) is 0.561. The summed E-state index contributed by atoms with van der Waals surface area (Å²) in [6, 6.07) is 21.7. The molecule has 0 atom stereocenters. The van der Waals surface area contributed by atoms with Crippen molar-refractivity contribution in [2.75, 3.05) is 0 Å². The van der Waals surface area contributed by atoms with Gasteiger partial charge in [-0.2, -0.15) is 0 Å². The Balaban J connectivity index is 1.98. The molecule has 0 unspecified atom stereocenters. The zero-order chi connectivity index (χ0) is 15.1. The maximum Gasteiger partial charge on any atom is 0.344 e. The number of halogens is 1. The molecule has 1 heterocycles. The fourth-order valence-electron chi connectivity index (χ4n) is 2.76. The van der Waals surface area contributed by atoms with Crippen LogP contribution in [0.1, 0.15) is 21.5 Å². The molecule has 22 heavy (non-hydrogen) atoms. The fourth-order valence-corrected chi connectivity index (χ4v) is 3.40. The lowest BCUT2D eigenvalue weighted by molar-refractivity contribution is 0.0717. The van der Waals surface area contributed by atoms with Crippen LogP contribution in [0.25, 0.3) is 21.0 Å². The summed E-state index contributed by atoms with van der Waals surface area (Å²) in [5.74, 6) is 0.278. The Morgan fingerprint density at radius 1 is 0.818 bits per heavy atom. The molecule has 0 N–H and O–H groups in total. The average molecular weight is 351 g/mol. The van der Waals surface area contributed by atoms with Crippen LogP contribution >= 0.6 is 15.9 Å². The van der Waals surface area contributed by atoms with Gasteiger partial charge in [0.2, 0.25) is 0 Å². The van der Waals surface area contributed by atoms with Crippen LogP contribution in [-0.4, -0.2) is 5.97 Å². The fraction of sp³-hybridized carbons (Fsp3) is 0. The van der Waals surface area contributed by atoms with Gasteiger partial charge in [-0.15, -0.1) is 0 Å². The number of cyclic esters (lactones) is 1. The van der Waals surface area contributed by atoms with E-state index in [0.717, 1.165) is 26.4 Å². The Kier molecular flexibility index (Phi) is 3.09. The van der Waals surface area contributed by atoms with Crippen molar-refractivity contribution in [2.45, 2.75) is 0 Å². The first-order valence-corrected chi connectivity index (χ1v) is 7.74. The van der Waals surface area contributed by atoms with E-state index in [1.165, 1.54) is 0 Å². The molecule has 3 heteroatoms. The molecule has 0 bridgehead atoms. The Morgan fingerprint density at radius 2 is 1.50 bits per heavy atom. The van der Waals surface area contributed by atoms with Gasteiger partial charge in [0.1, 0.15) is 0 Å². The predicted molar refractivity (Wildman–Crippen MR) is 91.5 cm³/mol. The van der Waals surface area contributed by atoms with Crippen molar-refractivity contribution in [3.8, 4) is 0 Å². The van der Waals surface area contributed by atoms with Crippen LogP contribution in [0.4, 0.5) is 0 Å². The maximum absolute atomic E-state index is 12.0. The van der Waals surface area contributed by atoms with Crippen LogP contribution in [0.3, 0.4) is 0 Å². The first-order valence-electron chi connectivity index (χ1n) is 6.95. The minimum absolute atomic E-state index is 0.303. The molecule has 1 aliphatic heterocycles. The largest absolute Gasteiger partial charge is 0.421 e. The number of ether oxygens (including phenoxy) is 1. The lowest BCUT2D eigenvalue weighted by atomic mass is 10.0. The van der Waals surface area contributed by atoms with Crippen LogP contribution in [0.5, 0.6) is 0 Å². The summed E-state index contributed by atoms with van der Waals surface area (Å²) < 4.78 is 6.28. The Bertz CT molecular complexity index is 936. The minimum atomic E-state index is -0.303. The summed E-state index contributed by atoms with van der Waals surface area (Å²) in [5.41, 5.74) is 2.44. The molecule has 0 amide bonds. The van der Waals surface area contributed by atoms with Crippen molar-refractivity contribution >= 4 is 42.9 Å². The third kappa shape index (κ3) is 1.97. The summed E-state index contributed by atoms with van der Waals surface area (Å²) >= 11 is 3.63. The van der Waals surface area contributed by atoms with Crippen molar-refractivity contribution in [3.63, 3.8) is 0 Å². The van der Waals surface area contributed by atoms with Gasteiger partial charge in [-0.3, -0.25) is 0 Å². The first-order chi connectivity index (χ1) is 10.8. The molecule has 0 saturated heterocycles. The number of carbonyl (C=O) groups excluding carboxylic acids is 1. The molecular formula is C19H11BrO2. The molecule has 0 aromatic heterocycles. The highest BCUT2D eigenvalue weighted by atomic mass is 79.9. The molecule has 1 aliphatic rings. The van der Waals surface area contributed by atoms with Crippen molar-refractivity contribution in [3.05, 3.63) is 83.4 Å². The first kappa shape index (κ1) is 13.3. The molecule has 4 rings (SSSR count). The molecule has 0 fully saturated rings. The Labute approximate surface area is 136 Å². The van der Waals surface area contributed by atoms with Crippen molar-refractivity contribution in [1.82, 2.24) is 0 Å². The number of fused-ring (bicyclic) bond motifs is 2.